The van der Waals surface area contributed by atoms with Gasteiger partial charge in [0.2, 0.25) is 0 Å². The van der Waals surface area contributed by atoms with E-state index >= 15 is 0 Å². The van der Waals surface area contributed by atoms with Gasteiger partial charge in [0.05, 0.1) is 17.2 Å². The Balaban J connectivity index is 1.91. The number of Topliss-reactive ketones (excluding diaryl/α,β-unsaturated/α-hetero) is 1. The van der Waals surface area contributed by atoms with Crippen molar-refractivity contribution in [2.24, 2.45) is 7.05 Å². The Bertz CT molecular complexity index is 544. The molecule has 0 unspecified atom stereocenters. The summed E-state index contributed by atoms with van der Waals surface area (Å²) < 4.78 is 1.89. The number of aryl methyl sites for hydroxylation is 2. The summed E-state index contributed by atoms with van der Waals surface area (Å²) in [6.07, 6.45) is 3.74. The molecule has 4 nitrogen and oxygen atoms in total. The summed E-state index contributed by atoms with van der Waals surface area (Å²) in [6, 6.07) is 1.85. The van der Waals surface area contributed by atoms with E-state index in [2.05, 4.69) is 4.98 Å². The first-order chi connectivity index (χ1) is 8.54. The molecule has 0 aliphatic heterocycles. The zero-order valence-electron chi connectivity index (χ0n) is 10.9. The quantitative estimate of drug-likeness (QED) is 0.775. The average Bonchev–Trinajstić information content (AvgIpc) is 2.87. The second kappa shape index (κ2) is 5.46. The van der Waals surface area contributed by atoms with Gasteiger partial charge in [0.1, 0.15) is 0 Å². The SMILES string of the molecule is Cc1nc(CN(C)CC(=O)c2ccn(C)c2)cs1. The maximum atomic E-state index is 12.0. The Morgan fingerprint density at radius 3 is 2.89 bits per heavy atom. The van der Waals surface area contributed by atoms with Crippen LogP contribution in [-0.2, 0) is 13.6 Å². The van der Waals surface area contributed by atoms with E-state index in [1.54, 1.807) is 11.3 Å². The molecule has 0 amide bonds. The second-order valence-corrected chi connectivity index (χ2v) is 5.58. The Kier molecular flexibility index (Phi) is 3.93. The highest BCUT2D eigenvalue weighted by molar-refractivity contribution is 7.09. The van der Waals surface area contributed by atoms with Crippen molar-refractivity contribution < 1.29 is 4.79 Å². The predicted molar refractivity (Wildman–Crippen MR) is 72.9 cm³/mol. The van der Waals surface area contributed by atoms with Crippen LogP contribution >= 0.6 is 11.3 Å². The second-order valence-electron chi connectivity index (χ2n) is 4.52. The third-order valence-corrected chi connectivity index (χ3v) is 3.49. The average molecular weight is 263 g/mol. The first-order valence-electron chi connectivity index (χ1n) is 5.79. The highest BCUT2D eigenvalue weighted by Crippen LogP contribution is 2.10. The first-order valence-corrected chi connectivity index (χ1v) is 6.67. The Hall–Kier alpha value is -1.46. The fraction of sp³-hybridized carbons (Fsp3) is 0.385. The van der Waals surface area contributed by atoms with Gasteiger partial charge >= 0.3 is 0 Å². The molecule has 18 heavy (non-hydrogen) atoms. The number of nitrogens with zero attached hydrogens (tertiary/aromatic N) is 3. The van der Waals surface area contributed by atoms with Crippen molar-refractivity contribution in [3.63, 3.8) is 0 Å². The van der Waals surface area contributed by atoms with E-state index in [1.807, 2.05) is 54.3 Å². The van der Waals surface area contributed by atoms with Crippen LogP contribution in [0, 0.1) is 6.92 Å². The molecule has 0 N–H and O–H groups in total. The largest absolute Gasteiger partial charge is 0.357 e. The van der Waals surface area contributed by atoms with Crippen LogP contribution in [0.25, 0.3) is 0 Å². The molecular formula is C13H17N3OS. The standard InChI is InChI=1S/C13H17N3OS/c1-10-14-12(9-18-10)7-16(3)8-13(17)11-4-5-15(2)6-11/h4-6,9H,7-8H2,1-3H3. The van der Waals surface area contributed by atoms with Gasteiger partial charge in [-0.3, -0.25) is 9.69 Å². The van der Waals surface area contributed by atoms with E-state index in [9.17, 15) is 4.79 Å². The molecule has 0 spiro atoms. The van der Waals surface area contributed by atoms with Crippen LogP contribution in [0.1, 0.15) is 21.1 Å². The maximum absolute atomic E-state index is 12.0. The van der Waals surface area contributed by atoms with Crippen molar-refractivity contribution in [3.05, 3.63) is 40.1 Å². The summed E-state index contributed by atoms with van der Waals surface area (Å²) in [5.41, 5.74) is 1.79. The molecule has 5 heteroatoms. The summed E-state index contributed by atoms with van der Waals surface area (Å²) in [6.45, 7) is 3.12. The lowest BCUT2D eigenvalue weighted by atomic mass is 10.2. The van der Waals surface area contributed by atoms with Gasteiger partial charge < -0.3 is 4.57 Å². The Morgan fingerprint density at radius 1 is 1.56 bits per heavy atom. The fourth-order valence-electron chi connectivity index (χ4n) is 1.82. The minimum absolute atomic E-state index is 0.144. The van der Waals surface area contributed by atoms with Crippen LogP contribution in [0.3, 0.4) is 0 Å². The summed E-state index contributed by atoms with van der Waals surface area (Å²) in [4.78, 5) is 18.4. The monoisotopic (exact) mass is 263 g/mol. The summed E-state index contributed by atoms with van der Waals surface area (Å²) in [5, 5.41) is 3.10. The van der Waals surface area contributed by atoms with Gasteiger partial charge in [0, 0.05) is 36.9 Å². The van der Waals surface area contributed by atoms with Gasteiger partial charge in [0.25, 0.3) is 0 Å². The third-order valence-electron chi connectivity index (χ3n) is 2.67. The van der Waals surface area contributed by atoms with E-state index in [1.165, 1.54) is 0 Å². The number of thiazole rings is 1. The zero-order chi connectivity index (χ0) is 13.1. The number of carbonyl (C=O) groups excluding carboxylic acids is 1. The molecular weight excluding hydrogens is 246 g/mol. The van der Waals surface area contributed by atoms with Crippen LogP contribution < -0.4 is 0 Å². The van der Waals surface area contributed by atoms with E-state index < -0.39 is 0 Å². The molecule has 96 valence electrons. The van der Waals surface area contributed by atoms with Crippen LogP contribution in [0.5, 0.6) is 0 Å². The molecule has 2 aromatic rings. The van der Waals surface area contributed by atoms with Crippen molar-refractivity contribution in [1.82, 2.24) is 14.5 Å². The topological polar surface area (TPSA) is 38.1 Å². The van der Waals surface area contributed by atoms with Crippen LogP contribution in [-0.4, -0.2) is 33.8 Å². The number of likely N-dealkylation sites (N-methyl/N-ethyl adjacent to an activating group) is 1. The molecule has 2 rings (SSSR count). The normalized spacial score (nSPS) is 11.1. The molecule has 2 aromatic heterocycles. The number of aromatic nitrogens is 2. The lowest BCUT2D eigenvalue weighted by Gasteiger charge is -2.13. The van der Waals surface area contributed by atoms with Gasteiger partial charge in [0.15, 0.2) is 5.78 Å². The summed E-state index contributed by atoms with van der Waals surface area (Å²) in [5.74, 6) is 0.144. The van der Waals surface area contributed by atoms with Crippen molar-refractivity contribution in [3.8, 4) is 0 Å². The lowest BCUT2D eigenvalue weighted by Crippen LogP contribution is -2.25. The fourth-order valence-corrected chi connectivity index (χ4v) is 2.42. The molecule has 0 radical (unpaired) electrons. The maximum Gasteiger partial charge on any atom is 0.178 e. The molecule has 2 heterocycles. The minimum atomic E-state index is 0.144. The van der Waals surface area contributed by atoms with E-state index in [-0.39, 0.29) is 5.78 Å². The lowest BCUT2D eigenvalue weighted by molar-refractivity contribution is 0.0942. The molecule has 0 aliphatic carbocycles. The number of rotatable bonds is 5. The highest BCUT2D eigenvalue weighted by atomic mass is 32.1. The highest BCUT2D eigenvalue weighted by Gasteiger charge is 2.11. The first kappa shape index (κ1) is 13.0. The molecule has 0 bridgehead atoms. The molecule has 0 aromatic carbocycles. The van der Waals surface area contributed by atoms with Crippen molar-refractivity contribution in [1.29, 1.82) is 0 Å². The van der Waals surface area contributed by atoms with Gasteiger partial charge in [-0.25, -0.2) is 4.98 Å². The van der Waals surface area contributed by atoms with Gasteiger partial charge in [-0.15, -0.1) is 11.3 Å². The molecule has 0 saturated heterocycles. The van der Waals surface area contributed by atoms with Crippen molar-refractivity contribution in [2.45, 2.75) is 13.5 Å². The van der Waals surface area contributed by atoms with Crippen molar-refractivity contribution in [2.75, 3.05) is 13.6 Å². The molecule has 0 fully saturated rings. The summed E-state index contributed by atoms with van der Waals surface area (Å²) >= 11 is 1.64. The zero-order valence-corrected chi connectivity index (χ0v) is 11.7. The van der Waals surface area contributed by atoms with E-state index in [0.29, 0.717) is 13.1 Å². The molecule has 0 aliphatic rings. The van der Waals surface area contributed by atoms with Gasteiger partial charge in [-0.2, -0.15) is 0 Å². The minimum Gasteiger partial charge on any atom is -0.357 e. The van der Waals surface area contributed by atoms with Crippen LogP contribution in [0.15, 0.2) is 23.8 Å². The smallest absolute Gasteiger partial charge is 0.178 e. The van der Waals surface area contributed by atoms with Crippen molar-refractivity contribution >= 4 is 17.1 Å². The Morgan fingerprint density at radius 2 is 2.33 bits per heavy atom. The van der Waals surface area contributed by atoms with Crippen LogP contribution in [0.2, 0.25) is 0 Å². The number of hydrogen-bond acceptors (Lipinski definition) is 4. The van der Waals surface area contributed by atoms with E-state index in [0.717, 1.165) is 16.3 Å². The molecule has 0 atom stereocenters. The number of hydrogen-bond donors (Lipinski definition) is 0. The third kappa shape index (κ3) is 3.27. The predicted octanol–water partition coefficient (Wildman–Crippen LogP) is 2.10. The van der Waals surface area contributed by atoms with Gasteiger partial charge in [-0.05, 0) is 20.0 Å². The van der Waals surface area contributed by atoms with Gasteiger partial charge in [-0.1, -0.05) is 0 Å². The van der Waals surface area contributed by atoms with E-state index in [4.69, 9.17) is 0 Å². The number of ketones is 1. The number of carbonyl (C=O) groups is 1. The Labute approximate surface area is 111 Å². The molecule has 0 saturated carbocycles. The summed E-state index contributed by atoms with van der Waals surface area (Å²) in [7, 11) is 3.86. The van der Waals surface area contributed by atoms with Crippen LogP contribution in [0.4, 0.5) is 0 Å².